The number of carbonyl (C=O) groups excluding carboxylic acids is 2. The molecule has 0 heterocycles. The molecule has 2 unspecified atom stereocenters. The van der Waals surface area contributed by atoms with E-state index in [2.05, 4.69) is 0 Å². The summed E-state index contributed by atoms with van der Waals surface area (Å²) in [6, 6.07) is 0. The van der Waals surface area contributed by atoms with Crippen molar-refractivity contribution in [2.45, 2.75) is 87.0 Å². The van der Waals surface area contributed by atoms with Crippen LogP contribution in [0.4, 0.5) is 0 Å². The summed E-state index contributed by atoms with van der Waals surface area (Å²) in [6.45, 7) is 17.1. The molecular weight excluding hydrogens is 336 g/mol. The van der Waals surface area contributed by atoms with Crippen LogP contribution >= 0.6 is 0 Å². The van der Waals surface area contributed by atoms with Crippen molar-refractivity contribution in [1.29, 1.82) is 0 Å². The van der Waals surface area contributed by atoms with Crippen LogP contribution in [0.2, 0.25) is 0 Å². The Balaban J connectivity index is 5.20. The van der Waals surface area contributed by atoms with Crippen molar-refractivity contribution in [3.05, 3.63) is 0 Å². The molecule has 0 amide bonds. The minimum Gasteiger partial charge on any atom is -0.464 e. The Morgan fingerprint density at radius 1 is 0.885 bits per heavy atom. The summed E-state index contributed by atoms with van der Waals surface area (Å²) >= 11 is 0. The zero-order valence-electron chi connectivity index (χ0n) is 18.1. The van der Waals surface area contributed by atoms with Crippen molar-refractivity contribution >= 4 is 11.9 Å². The van der Waals surface area contributed by atoms with E-state index in [4.69, 9.17) is 18.9 Å². The molecule has 0 aromatic rings. The lowest BCUT2D eigenvalue weighted by Crippen LogP contribution is -2.44. The number of esters is 2. The van der Waals surface area contributed by atoms with Crippen LogP contribution in [0.25, 0.3) is 0 Å². The van der Waals surface area contributed by atoms with Gasteiger partial charge in [0.25, 0.3) is 0 Å². The van der Waals surface area contributed by atoms with Crippen LogP contribution in [0.3, 0.4) is 0 Å². The van der Waals surface area contributed by atoms with Gasteiger partial charge < -0.3 is 18.9 Å². The average Bonchev–Trinajstić information content (AvgIpc) is 2.57. The van der Waals surface area contributed by atoms with E-state index >= 15 is 0 Å². The van der Waals surface area contributed by atoms with Crippen molar-refractivity contribution in [3.8, 4) is 0 Å². The Kier molecular flexibility index (Phi) is 9.81. The molecule has 154 valence electrons. The maximum atomic E-state index is 12.7. The van der Waals surface area contributed by atoms with Crippen LogP contribution in [0.1, 0.15) is 75.2 Å². The second-order valence-corrected chi connectivity index (χ2v) is 8.20. The normalized spacial score (nSPS) is 15.9. The zero-order valence-corrected chi connectivity index (χ0v) is 18.1. The molecule has 0 saturated carbocycles. The molecule has 6 heteroatoms. The number of carbonyl (C=O) groups is 2. The Morgan fingerprint density at radius 2 is 1.46 bits per heavy atom. The van der Waals surface area contributed by atoms with E-state index in [1.54, 1.807) is 13.8 Å². The molecule has 0 rings (SSSR count). The summed E-state index contributed by atoms with van der Waals surface area (Å²) in [7, 11) is 0. The second-order valence-electron chi connectivity index (χ2n) is 8.20. The summed E-state index contributed by atoms with van der Waals surface area (Å²) < 4.78 is 22.0. The molecule has 0 bridgehead atoms. The van der Waals surface area contributed by atoms with Crippen molar-refractivity contribution in [2.75, 3.05) is 19.8 Å². The van der Waals surface area contributed by atoms with Crippen LogP contribution in [0.15, 0.2) is 0 Å². The van der Waals surface area contributed by atoms with Gasteiger partial charge in [-0.05, 0) is 61.3 Å². The van der Waals surface area contributed by atoms with Gasteiger partial charge in [0.2, 0.25) is 0 Å². The fourth-order valence-electron chi connectivity index (χ4n) is 1.74. The van der Waals surface area contributed by atoms with E-state index < -0.39 is 23.1 Å². The summed E-state index contributed by atoms with van der Waals surface area (Å²) in [5.41, 5.74) is -2.11. The predicted octanol–water partition coefficient (Wildman–Crippen LogP) is 4.10. The maximum Gasteiger partial charge on any atom is 0.319 e. The van der Waals surface area contributed by atoms with Gasteiger partial charge in [-0.2, -0.15) is 0 Å². The minimum absolute atomic E-state index is 0.0886. The maximum absolute atomic E-state index is 12.7. The number of ether oxygens (including phenoxy) is 4. The first-order chi connectivity index (χ1) is 11.8. The average molecular weight is 375 g/mol. The molecule has 0 aliphatic carbocycles. The molecular formula is C20H38O6. The van der Waals surface area contributed by atoms with Gasteiger partial charge in [0, 0.05) is 6.61 Å². The summed E-state index contributed by atoms with van der Waals surface area (Å²) in [6.07, 6.45) is 0.762. The van der Waals surface area contributed by atoms with Crippen molar-refractivity contribution < 1.29 is 28.5 Å². The second kappa shape index (κ2) is 10.3. The lowest BCUT2D eigenvalue weighted by atomic mass is 9.89. The van der Waals surface area contributed by atoms with Crippen molar-refractivity contribution in [3.63, 3.8) is 0 Å². The number of rotatable bonds is 12. The van der Waals surface area contributed by atoms with Gasteiger partial charge in [-0.1, -0.05) is 13.8 Å². The molecule has 26 heavy (non-hydrogen) atoms. The Bertz CT molecular complexity index is 457. The highest BCUT2D eigenvalue weighted by Gasteiger charge is 2.41. The van der Waals surface area contributed by atoms with Crippen LogP contribution in [-0.2, 0) is 28.5 Å². The first kappa shape index (κ1) is 24.9. The summed E-state index contributed by atoms with van der Waals surface area (Å²) in [5.74, 6) is -0.848. The third-order valence-electron chi connectivity index (χ3n) is 4.76. The Morgan fingerprint density at radius 3 is 1.92 bits per heavy atom. The third-order valence-corrected chi connectivity index (χ3v) is 4.76. The quantitative estimate of drug-likeness (QED) is 0.378. The third kappa shape index (κ3) is 8.04. The lowest BCUT2D eigenvalue weighted by molar-refractivity contribution is -0.196. The fourth-order valence-corrected chi connectivity index (χ4v) is 1.74. The van der Waals surface area contributed by atoms with Crippen LogP contribution < -0.4 is 0 Å². The molecule has 0 fully saturated rings. The molecule has 0 aliphatic rings. The Labute approximate surface area is 158 Å². The lowest BCUT2D eigenvalue weighted by Gasteiger charge is -2.33. The van der Waals surface area contributed by atoms with Crippen molar-refractivity contribution in [1.82, 2.24) is 0 Å². The van der Waals surface area contributed by atoms with Crippen LogP contribution in [0.5, 0.6) is 0 Å². The van der Waals surface area contributed by atoms with Crippen LogP contribution in [0, 0.1) is 10.8 Å². The topological polar surface area (TPSA) is 71.1 Å². The molecule has 0 spiro atoms. The molecule has 0 aromatic heterocycles. The smallest absolute Gasteiger partial charge is 0.319 e. The summed E-state index contributed by atoms with van der Waals surface area (Å²) in [4.78, 5) is 25.0. The summed E-state index contributed by atoms with van der Waals surface area (Å²) in [5, 5.41) is 0. The molecule has 0 aromatic carbocycles. The largest absolute Gasteiger partial charge is 0.464 e. The highest BCUT2D eigenvalue weighted by Crippen LogP contribution is 2.28. The van der Waals surface area contributed by atoms with Crippen molar-refractivity contribution in [2.24, 2.45) is 10.8 Å². The fraction of sp³-hybridized carbons (Fsp3) is 0.900. The van der Waals surface area contributed by atoms with Gasteiger partial charge in [-0.3, -0.25) is 9.59 Å². The number of hydrogen-bond acceptors (Lipinski definition) is 6. The highest BCUT2D eigenvalue weighted by atomic mass is 16.7. The molecule has 0 N–H and O–H groups in total. The first-order valence-electron chi connectivity index (χ1n) is 9.47. The van der Waals surface area contributed by atoms with Gasteiger partial charge in [0.05, 0.1) is 17.6 Å². The first-order valence-corrected chi connectivity index (χ1v) is 9.47. The SMILES string of the molecule is CCOC(C)OC(=O)C(C)(COC(=O)C(C)(C)CC)COC(C)(C)CC. The monoisotopic (exact) mass is 374 g/mol. The number of hydrogen-bond donors (Lipinski definition) is 0. The van der Waals surface area contributed by atoms with E-state index in [0.717, 1.165) is 6.42 Å². The molecule has 0 saturated heterocycles. The van der Waals surface area contributed by atoms with E-state index in [1.165, 1.54) is 0 Å². The van der Waals surface area contributed by atoms with Gasteiger partial charge >= 0.3 is 11.9 Å². The minimum atomic E-state index is -1.11. The predicted molar refractivity (Wildman–Crippen MR) is 101 cm³/mol. The van der Waals surface area contributed by atoms with Gasteiger partial charge in [-0.25, -0.2) is 0 Å². The van der Waals surface area contributed by atoms with Crippen LogP contribution in [-0.4, -0.2) is 43.7 Å². The Hall–Kier alpha value is -1.14. The standard InChI is InChI=1S/C20H38O6/c1-10-18(5,6)16(21)24-13-20(9,14-25-19(7,8)11-2)17(22)26-15(4)23-12-3/h15H,10-14H2,1-9H3. The van der Waals surface area contributed by atoms with Gasteiger partial charge in [-0.15, -0.1) is 0 Å². The molecule has 0 radical (unpaired) electrons. The zero-order chi connectivity index (χ0) is 20.6. The molecule has 2 atom stereocenters. The van der Waals surface area contributed by atoms with E-state index in [9.17, 15) is 9.59 Å². The van der Waals surface area contributed by atoms with E-state index in [0.29, 0.717) is 13.0 Å². The highest BCUT2D eigenvalue weighted by molar-refractivity contribution is 5.79. The van der Waals surface area contributed by atoms with Gasteiger partial charge in [0.15, 0.2) is 6.29 Å². The van der Waals surface area contributed by atoms with Gasteiger partial charge in [0.1, 0.15) is 12.0 Å². The van der Waals surface area contributed by atoms with E-state index in [1.807, 2.05) is 48.5 Å². The molecule has 6 nitrogen and oxygen atoms in total. The van der Waals surface area contributed by atoms with E-state index in [-0.39, 0.29) is 24.8 Å². The molecule has 0 aliphatic heterocycles.